The molecule has 17 nitrogen and oxygen atoms in total. The van der Waals surface area contributed by atoms with Gasteiger partial charge in [-0.2, -0.15) is 0 Å². The van der Waals surface area contributed by atoms with Crippen LogP contribution in [0.15, 0.2) is 0 Å². The van der Waals surface area contributed by atoms with Crippen molar-refractivity contribution in [1.29, 1.82) is 0 Å². The summed E-state index contributed by atoms with van der Waals surface area (Å²) in [6.45, 7) is 7.28. The van der Waals surface area contributed by atoms with Crippen molar-refractivity contribution < 1.29 is 80.2 Å². The summed E-state index contributed by atoms with van der Waals surface area (Å²) in [7, 11) is -9.92. The van der Waals surface area contributed by atoms with Crippen LogP contribution in [-0.2, 0) is 65.4 Å². The van der Waals surface area contributed by atoms with Crippen molar-refractivity contribution in [2.24, 2.45) is 5.92 Å². The zero-order chi connectivity index (χ0) is 72.7. The quantitative estimate of drug-likeness (QED) is 0.0222. The molecule has 0 saturated heterocycles. The summed E-state index contributed by atoms with van der Waals surface area (Å²) in [5, 5.41) is 10.6. The molecule has 0 heterocycles. The van der Waals surface area contributed by atoms with E-state index in [1.54, 1.807) is 0 Å². The molecule has 0 fully saturated rings. The lowest BCUT2D eigenvalue weighted by Crippen LogP contribution is -2.30. The van der Waals surface area contributed by atoms with Gasteiger partial charge in [-0.1, -0.05) is 375 Å². The van der Waals surface area contributed by atoms with Crippen LogP contribution in [0.4, 0.5) is 0 Å². The van der Waals surface area contributed by atoms with Crippen molar-refractivity contribution in [1.82, 2.24) is 0 Å². The first-order valence-electron chi connectivity index (χ1n) is 41.7. The Morgan fingerprint density at radius 1 is 0.283 bits per heavy atom. The zero-order valence-electron chi connectivity index (χ0n) is 64.6. The number of aliphatic hydroxyl groups excluding tert-OH is 1. The number of unbranched alkanes of at least 4 members (excludes halogenated alkanes) is 51. The predicted octanol–water partition coefficient (Wildman–Crippen LogP) is 24.0. The molecule has 99 heavy (non-hydrogen) atoms. The molecule has 0 aromatic heterocycles. The molecule has 0 aliphatic rings. The van der Waals surface area contributed by atoms with Crippen LogP contribution in [0.5, 0.6) is 0 Å². The Morgan fingerprint density at radius 3 is 0.717 bits per heavy atom. The van der Waals surface area contributed by atoms with Gasteiger partial charge in [0.05, 0.1) is 26.4 Å². The summed E-state index contributed by atoms with van der Waals surface area (Å²) in [6, 6.07) is 0. The fourth-order valence-electron chi connectivity index (χ4n) is 12.4. The van der Waals surface area contributed by atoms with Gasteiger partial charge in [-0.25, -0.2) is 9.13 Å². The SMILES string of the molecule is CCCCCCCCCCCCCCCCCCCCCCCC(=O)O[C@H](COC(=O)CCCCCCCCCCCCCCCC)COP(=O)(O)OC[C@@H](O)COP(=O)(O)OC[C@@H](COC(=O)CCCCCCCCC(C)CC)OC(=O)CCCCCCCCCCCCCCCC. The van der Waals surface area contributed by atoms with E-state index >= 15 is 0 Å². The second-order valence-electron chi connectivity index (χ2n) is 29.1. The average Bonchev–Trinajstić information content (AvgIpc) is 1.18. The Labute approximate surface area is 607 Å². The van der Waals surface area contributed by atoms with E-state index in [1.807, 2.05) is 0 Å². The van der Waals surface area contributed by atoms with E-state index in [-0.39, 0.29) is 25.7 Å². The molecule has 19 heteroatoms. The van der Waals surface area contributed by atoms with Crippen molar-refractivity contribution in [3.63, 3.8) is 0 Å². The van der Waals surface area contributed by atoms with E-state index in [9.17, 15) is 43.2 Å². The molecular weight excluding hydrogens is 1290 g/mol. The highest BCUT2D eigenvalue weighted by molar-refractivity contribution is 7.47. The Bertz CT molecular complexity index is 1890. The van der Waals surface area contributed by atoms with Crippen molar-refractivity contribution in [3.05, 3.63) is 0 Å². The van der Waals surface area contributed by atoms with Gasteiger partial charge in [0, 0.05) is 25.7 Å². The molecule has 6 atom stereocenters. The van der Waals surface area contributed by atoms with Crippen molar-refractivity contribution in [3.8, 4) is 0 Å². The second kappa shape index (κ2) is 73.0. The molecular formula is C80H156O17P2. The number of esters is 4. The maximum Gasteiger partial charge on any atom is 0.472 e. The number of ether oxygens (including phenoxy) is 4. The highest BCUT2D eigenvalue weighted by Crippen LogP contribution is 2.45. The normalized spacial score (nSPS) is 14.1. The maximum atomic E-state index is 13.1. The van der Waals surface area contributed by atoms with Crippen molar-refractivity contribution in [2.45, 2.75) is 445 Å². The molecule has 0 aromatic carbocycles. The highest BCUT2D eigenvalue weighted by atomic mass is 31.2. The third-order valence-corrected chi connectivity index (χ3v) is 21.0. The number of hydrogen-bond acceptors (Lipinski definition) is 15. The molecule has 0 bridgehead atoms. The van der Waals surface area contributed by atoms with Crippen molar-refractivity contribution >= 4 is 39.5 Å². The van der Waals surface area contributed by atoms with Gasteiger partial charge in [0.15, 0.2) is 12.2 Å². The molecule has 0 aliphatic heterocycles. The number of phosphoric ester groups is 2. The summed E-state index contributed by atoms with van der Waals surface area (Å²) in [5.74, 6) is -1.38. The van der Waals surface area contributed by atoms with Gasteiger partial charge in [0.1, 0.15) is 19.3 Å². The van der Waals surface area contributed by atoms with Gasteiger partial charge < -0.3 is 33.8 Å². The van der Waals surface area contributed by atoms with Crippen LogP contribution in [0.2, 0.25) is 0 Å². The maximum absolute atomic E-state index is 13.1. The van der Waals surface area contributed by atoms with Gasteiger partial charge in [0.25, 0.3) is 0 Å². The fourth-order valence-corrected chi connectivity index (χ4v) is 14.0. The second-order valence-corrected chi connectivity index (χ2v) is 32.0. The van der Waals surface area contributed by atoms with E-state index in [1.165, 1.54) is 244 Å². The summed E-state index contributed by atoms with van der Waals surface area (Å²) in [4.78, 5) is 73.0. The predicted molar refractivity (Wildman–Crippen MR) is 405 cm³/mol. The minimum absolute atomic E-state index is 0.107. The number of hydrogen-bond donors (Lipinski definition) is 3. The van der Waals surface area contributed by atoms with Gasteiger partial charge in [-0.15, -0.1) is 0 Å². The number of carbonyl (C=O) groups is 4. The fraction of sp³-hybridized carbons (Fsp3) is 0.950. The molecule has 0 aliphatic carbocycles. The van der Waals surface area contributed by atoms with E-state index in [4.69, 9.17) is 37.0 Å². The molecule has 3 N–H and O–H groups in total. The molecule has 0 spiro atoms. The largest absolute Gasteiger partial charge is 0.472 e. The van der Waals surface area contributed by atoms with E-state index < -0.39 is 97.5 Å². The summed E-state index contributed by atoms with van der Waals surface area (Å²) >= 11 is 0. The standard InChI is InChI=1S/C80H156O17P2/c1-6-10-13-16-19-22-25-28-31-32-33-34-35-36-37-40-43-46-49-56-61-66-79(84)96-75(69-90-77(82)63-58-53-47-44-41-38-29-26-23-20-17-14-11-7-2)71-94-98(86,87)92-67-74(81)68-93-99(88,89)95-72-76(70-91-78(83)64-59-54-51-50-52-57-62-73(5)9-4)97-80(85)65-60-55-48-45-42-39-30-27-24-21-18-15-12-8-3/h73-76,81H,6-72H2,1-5H3,(H,86,87)(H,88,89)/t73?,74-,75-,76-/m1/s1. The number of rotatable bonds is 80. The third-order valence-electron chi connectivity index (χ3n) is 19.1. The summed E-state index contributed by atoms with van der Waals surface area (Å²) in [5.41, 5.74) is 0. The Morgan fingerprint density at radius 2 is 0.485 bits per heavy atom. The van der Waals surface area contributed by atoms with Crippen LogP contribution < -0.4 is 0 Å². The lowest BCUT2D eigenvalue weighted by atomic mass is 10.00. The number of carbonyl (C=O) groups excluding carboxylic acids is 4. The van der Waals surface area contributed by atoms with Gasteiger partial charge in [0.2, 0.25) is 0 Å². The third kappa shape index (κ3) is 72.8. The van der Waals surface area contributed by atoms with E-state index in [0.717, 1.165) is 102 Å². The lowest BCUT2D eigenvalue weighted by Gasteiger charge is -2.21. The minimum atomic E-state index is -4.96. The minimum Gasteiger partial charge on any atom is -0.462 e. The topological polar surface area (TPSA) is 237 Å². The van der Waals surface area contributed by atoms with E-state index in [0.29, 0.717) is 25.7 Å². The first-order valence-corrected chi connectivity index (χ1v) is 44.7. The first-order chi connectivity index (χ1) is 48.1. The van der Waals surface area contributed by atoms with E-state index in [2.05, 4.69) is 34.6 Å². The zero-order valence-corrected chi connectivity index (χ0v) is 66.4. The van der Waals surface area contributed by atoms with Gasteiger partial charge >= 0.3 is 39.5 Å². The van der Waals surface area contributed by atoms with Crippen LogP contribution in [0.3, 0.4) is 0 Å². The van der Waals surface area contributed by atoms with Gasteiger partial charge in [-0.05, 0) is 31.6 Å². The number of aliphatic hydroxyl groups is 1. The van der Waals surface area contributed by atoms with Crippen LogP contribution in [-0.4, -0.2) is 96.7 Å². The molecule has 0 saturated carbocycles. The Kier molecular flexibility index (Phi) is 71.6. The van der Waals surface area contributed by atoms with Crippen LogP contribution in [0.1, 0.15) is 426 Å². The van der Waals surface area contributed by atoms with Crippen molar-refractivity contribution in [2.75, 3.05) is 39.6 Å². The number of phosphoric acid groups is 2. The molecule has 3 unspecified atom stereocenters. The Balaban J connectivity index is 5.21. The molecule has 0 rings (SSSR count). The summed E-state index contributed by atoms with van der Waals surface area (Å²) < 4.78 is 68.7. The first kappa shape index (κ1) is 97.1. The summed E-state index contributed by atoms with van der Waals surface area (Å²) in [6.07, 6.45) is 63.9. The highest BCUT2D eigenvalue weighted by Gasteiger charge is 2.30. The molecule has 0 aromatic rings. The lowest BCUT2D eigenvalue weighted by molar-refractivity contribution is -0.161. The Hall–Kier alpha value is -1.94. The van der Waals surface area contributed by atoms with Gasteiger partial charge in [-0.3, -0.25) is 37.3 Å². The van der Waals surface area contributed by atoms with Crippen LogP contribution in [0, 0.1) is 5.92 Å². The molecule has 588 valence electrons. The monoisotopic (exact) mass is 1450 g/mol. The van der Waals surface area contributed by atoms with Crippen LogP contribution >= 0.6 is 15.6 Å². The average molecular weight is 1450 g/mol. The molecule has 0 amide bonds. The molecule has 0 radical (unpaired) electrons. The smallest absolute Gasteiger partial charge is 0.462 e. The van der Waals surface area contributed by atoms with Crippen LogP contribution in [0.25, 0.3) is 0 Å².